The summed E-state index contributed by atoms with van der Waals surface area (Å²) in [4.78, 5) is 8.34. The van der Waals surface area contributed by atoms with Crippen molar-refractivity contribution >= 4 is 15.9 Å². The lowest BCUT2D eigenvalue weighted by molar-refractivity contribution is 0.851. The number of nitrogens with two attached hydrogens (primary N) is 1. The Balaban J connectivity index is 2.31. The molecule has 0 fully saturated rings. The summed E-state index contributed by atoms with van der Waals surface area (Å²) >= 11 is 3.38. The first-order valence-corrected chi connectivity index (χ1v) is 5.74. The molecule has 16 heavy (non-hydrogen) atoms. The Bertz CT molecular complexity index is 482. The standard InChI is InChI=1S/C12H12BrN3/c1-8-2-3-9(6-16-8)12(14)10-4-11(13)7-15-5-10/h2-7,12H,14H2,1H3. The van der Waals surface area contributed by atoms with Gasteiger partial charge in [-0.1, -0.05) is 6.07 Å². The molecular formula is C12H12BrN3. The molecule has 0 bridgehead atoms. The monoisotopic (exact) mass is 277 g/mol. The summed E-state index contributed by atoms with van der Waals surface area (Å²) < 4.78 is 0.931. The Morgan fingerprint density at radius 2 is 2.00 bits per heavy atom. The second kappa shape index (κ2) is 4.72. The molecule has 3 nitrogen and oxygen atoms in total. The molecular weight excluding hydrogens is 266 g/mol. The van der Waals surface area contributed by atoms with Crippen molar-refractivity contribution < 1.29 is 0 Å². The van der Waals surface area contributed by atoms with E-state index >= 15 is 0 Å². The number of hydrogen-bond acceptors (Lipinski definition) is 3. The van der Waals surface area contributed by atoms with E-state index in [-0.39, 0.29) is 6.04 Å². The highest BCUT2D eigenvalue weighted by Gasteiger charge is 2.09. The summed E-state index contributed by atoms with van der Waals surface area (Å²) in [7, 11) is 0. The Morgan fingerprint density at radius 1 is 1.19 bits per heavy atom. The van der Waals surface area contributed by atoms with Gasteiger partial charge in [0.05, 0.1) is 6.04 Å². The van der Waals surface area contributed by atoms with Crippen LogP contribution in [0, 0.1) is 6.92 Å². The number of rotatable bonds is 2. The first kappa shape index (κ1) is 11.2. The normalized spacial score (nSPS) is 12.4. The fourth-order valence-electron chi connectivity index (χ4n) is 1.45. The van der Waals surface area contributed by atoms with Crippen LogP contribution in [0.5, 0.6) is 0 Å². The SMILES string of the molecule is Cc1ccc(C(N)c2cncc(Br)c2)cn1. The minimum absolute atomic E-state index is 0.182. The van der Waals surface area contributed by atoms with Crippen LogP contribution in [0.3, 0.4) is 0 Å². The highest BCUT2D eigenvalue weighted by atomic mass is 79.9. The molecule has 0 saturated heterocycles. The van der Waals surface area contributed by atoms with E-state index in [1.54, 1.807) is 18.6 Å². The molecule has 0 amide bonds. The van der Waals surface area contributed by atoms with Crippen LogP contribution in [0.4, 0.5) is 0 Å². The Kier molecular flexibility index (Phi) is 3.31. The molecule has 2 rings (SSSR count). The van der Waals surface area contributed by atoms with E-state index in [1.165, 1.54) is 0 Å². The lowest BCUT2D eigenvalue weighted by Gasteiger charge is -2.12. The lowest BCUT2D eigenvalue weighted by Crippen LogP contribution is -2.12. The van der Waals surface area contributed by atoms with Crippen LogP contribution in [0.2, 0.25) is 0 Å². The van der Waals surface area contributed by atoms with Crippen LogP contribution >= 0.6 is 15.9 Å². The fraction of sp³-hybridized carbons (Fsp3) is 0.167. The summed E-state index contributed by atoms with van der Waals surface area (Å²) in [6, 6.07) is 5.74. The molecule has 0 aromatic carbocycles. The van der Waals surface area contributed by atoms with Crippen molar-refractivity contribution in [2.24, 2.45) is 5.73 Å². The zero-order valence-electron chi connectivity index (χ0n) is 8.89. The molecule has 4 heteroatoms. The molecule has 1 atom stereocenters. The summed E-state index contributed by atoms with van der Waals surface area (Å²) in [5, 5.41) is 0. The number of aromatic nitrogens is 2. The van der Waals surface area contributed by atoms with E-state index < -0.39 is 0 Å². The highest BCUT2D eigenvalue weighted by Crippen LogP contribution is 2.20. The summed E-state index contributed by atoms with van der Waals surface area (Å²) in [5.41, 5.74) is 9.09. The van der Waals surface area contributed by atoms with E-state index in [9.17, 15) is 0 Å². The van der Waals surface area contributed by atoms with Crippen LogP contribution in [0.1, 0.15) is 22.9 Å². The minimum Gasteiger partial charge on any atom is -0.320 e. The van der Waals surface area contributed by atoms with Crippen molar-refractivity contribution in [1.29, 1.82) is 0 Å². The second-order valence-electron chi connectivity index (χ2n) is 3.65. The smallest absolute Gasteiger partial charge is 0.0582 e. The molecule has 2 aromatic rings. The molecule has 0 saturated carbocycles. The van der Waals surface area contributed by atoms with Crippen LogP contribution in [0.25, 0.3) is 0 Å². The van der Waals surface area contributed by atoms with E-state index in [0.717, 1.165) is 21.3 Å². The van der Waals surface area contributed by atoms with Crippen LogP contribution in [-0.2, 0) is 0 Å². The highest BCUT2D eigenvalue weighted by molar-refractivity contribution is 9.10. The largest absolute Gasteiger partial charge is 0.320 e. The molecule has 1 unspecified atom stereocenters. The maximum absolute atomic E-state index is 6.13. The van der Waals surface area contributed by atoms with Gasteiger partial charge in [0.25, 0.3) is 0 Å². The van der Waals surface area contributed by atoms with Gasteiger partial charge in [0.15, 0.2) is 0 Å². The molecule has 0 aliphatic rings. The van der Waals surface area contributed by atoms with Gasteiger partial charge in [0.1, 0.15) is 0 Å². The van der Waals surface area contributed by atoms with E-state index in [0.29, 0.717) is 0 Å². The van der Waals surface area contributed by atoms with Gasteiger partial charge in [-0.2, -0.15) is 0 Å². The zero-order valence-corrected chi connectivity index (χ0v) is 10.5. The molecule has 0 aliphatic carbocycles. The number of aryl methyl sites for hydroxylation is 1. The lowest BCUT2D eigenvalue weighted by atomic mass is 10.0. The Morgan fingerprint density at radius 3 is 2.62 bits per heavy atom. The van der Waals surface area contributed by atoms with Crippen LogP contribution in [-0.4, -0.2) is 9.97 Å². The van der Waals surface area contributed by atoms with Crippen LogP contribution < -0.4 is 5.73 Å². The van der Waals surface area contributed by atoms with Gasteiger partial charge >= 0.3 is 0 Å². The van der Waals surface area contributed by atoms with Gasteiger partial charge < -0.3 is 5.73 Å². The van der Waals surface area contributed by atoms with Gasteiger partial charge in [0.2, 0.25) is 0 Å². The number of hydrogen-bond donors (Lipinski definition) is 1. The first-order valence-electron chi connectivity index (χ1n) is 4.95. The van der Waals surface area contributed by atoms with Crippen molar-refractivity contribution in [1.82, 2.24) is 9.97 Å². The average Bonchev–Trinajstić information content (AvgIpc) is 2.29. The molecule has 0 spiro atoms. The summed E-state index contributed by atoms with van der Waals surface area (Å²) in [5.74, 6) is 0. The molecule has 2 heterocycles. The second-order valence-corrected chi connectivity index (χ2v) is 4.56. The van der Waals surface area contributed by atoms with Gasteiger partial charge in [-0.25, -0.2) is 0 Å². The number of pyridine rings is 2. The van der Waals surface area contributed by atoms with Crippen LogP contribution in [0.15, 0.2) is 41.3 Å². The maximum Gasteiger partial charge on any atom is 0.0582 e. The summed E-state index contributed by atoms with van der Waals surface area (Å²) in [6.07, 6.45) is 5.32. The van der Waals surface area contributed by atoms with Crippen molar-refractivity contribution in [3.8, 4) is 0 Å². The molecule has 0 aliphatic heterocycles. The fourth-order valence-corrected chi connectivity index (χ4v) is 1.84. The van der Waals surface area contributed by atoms with Gasteiger partial charge in [0, 0.05) is 28.8 Å². The van der Waals surface area contributed by atoms with Crippen molar-refractivity contribution in [3.05, 3.63) is 58.1 Å². The first-order chi connectivity index (χ1) is 7.66. The Hall–Kier alpha value is -1.26. The number of halogens is 1. The third kappa shape index (κ3) is 2.46. The molecule has 82 valence electrons. The molecule has 0 radical (unpaired) electrons. The topological polar surface area (TPSA) is 51.8 Å². The van der Waals surface area contributed by atoms with Gasteiger partial charge in [-0.3, -0.25) is 9.97 Å². The molecule has 2 aromatic heterocycles. The predicted molar refractivity (Wildman–Crippen MR) is 66.9 cm³/mol. The predicted octanol–water partition coefficient (Wildman–Crippen LogP) is 2.60. The minimum atomic E-state index is -0.182. The van der Waals surface area contributed by atoms with E-state index in [4.69, 9.17) is 5.73 Å². The average molecular weight is 278 g/mol. The van der Waals surface area contributed by atoms with E-state index in [1.807, 2.05) is 25.1 Å². The van der Waals surface area contributed by atoms with E-state index in [2.05, 4.69) is 25.9 Å². The quantitative estimate of drug-likeness (QED) is 0.918. The van der Waals surface area contributed by atoms with Gasteiger partial charge in [-0.15, -0.1) is 0 Å². The zero-order chi connectivity index (χ0) is 11.5. The Labute approximate surface area is 103 Å². The summed E-state index contributed by atoms with van der Waals surface area (Å²) in [6.45, 7) is 1.95. The number of nitrogens with zero attached hydrogens (tertiary/aromatic N) is 2. The third-order valence-corrected chi connectivity index (χ3v) is 2.81. The molecule has 2 N–H and O–H groups in total. The van der Waals surface area contributed by atoms with Crippen molar-refractivity contribution in [2.75, 3.05) is 0 Å². The van der Waals surface area contributed by atoms with Crippen molar-refractivity contribution in [2.45, 2.75) is 13.0 Å². The van der Waals surface area contributed by atoms with Gasteiger partial charge in [-0.05, 0) is 46.1 Å². The van der Waals surface area contributed by atoms with Crippen molar-refractivity contribution in [3.63, 3.8) is 0 Å². The maximum atomic E-state index is 6.13. The third-order valence-electron chi connectivity index (χ3n) is 2.38.